The highest BCUT2D eigenvalue weighted by Gasteiger charge is 2.29. The number of thiophene rings is 1. The number of benzene rings is 1. The lowest BCUT2D eigenvalue weighted by Crippen LogP contribution is -2.36. The van der Waals surface area contributed by atoms with Crippen LogP contribution in [0.25, 0.3) is 0 Å². The minimum atomic E-state index is -0.497. The molecule has 0 aliphatic rings. The Hall–Kier alpha value is -2.54. The van der Waals surface area contributed by atoms with E-state index in [1.165, 1.54) is 14.2 Å². The van der Waals surface area contributed by atoms with Gasteiger partial charge in [-0.1, -0.05) is 26.8 Å². The van der Waals surface area contributed by atoms with Gasteiger partial charge in [-0.25, -0.2) is 4.79 Å². The molecule has 1 unspecified atom stereocenters. The number of hydrogen-bond acceptors (Lipinski definition) is 6. The summed E-state index contributed by atoms with van der Waals surface area (Å²) in [5.41, 5.74) is 0.303. The normalized spacial score (nSPS) is 12.2. The van der Waals surface area contributed by atoms with Gasteiger partial charge < -0.3 is 19.5 Å². The molecule has 0 fully saturated rings. The third-order valence-electron chi connectivity index (χ3n) is 3.97. The zero-order valence-corrected chi connectivity index (χ0v) is 17.0. The van der Waals surface area contributed by atoms with Crippen molar-refractivity contribution < 1.29 is 23.8 Å². The standard InChI is InChI=1S/C20H25NO5S/c1-20(2,3)18(16-7-6-10-27-16)21-19(23)13-8-9-14(15(11-13)24-4)26-12-17(22)25-5/h6-11,18H,12H2,1-5H3,(H,21,23). The number of ether oxygens (including phenoxy) is 3. The average Bonchev–Trinajstić information content (AvgIpc) is 3.16. The van der Waals surface area contributed by atoms with Gasteiger partial charge in [0, 0.05) is 10.4 Å². The lowest BCUT2D eigenvalue weighted by molar-refractivity contribution is -0.142. The van der Waals surface area contributed by atoms with E-state index in [4.69, 9.17) is 9.47 Å². The molecule has 1 aromatic carbocycles. The first-order chi connectivity index (χ1) is 12.8. The Balaban J connectivity index is 2.19. The number of rotatable bonds is 7. The van der Waals surface area contributed by atoms with Crippen LogP contribution in [-0.4, -0.2) is 32.7 Å². The Labute approximate surface area is 163 Å². The summed E-state index contributed by atoms with van der Waals surface area (Å²) in [5.74, 6) is 0.0315. The number of methoxy groups -OCH3 is 2. The Morgan fingerprint density at radius 3 is 2.44 bits per heavy atom. The van der Waals surface area contributed by atoms with Crippen LogP contribution < -0.4 is 14.8 Å². The Bertz CT molecular complexity index is 780. The van der Waals surface area contributed by atoms with Crippen molar-refractivity contribution in [3.63, 3.8) is 0 Å². The third kappa shape index (κ3) is 5.47. The summed E-state index contributed by atoms with van der Waals surface area (Å²) < 4.78 is 15.2. The molecule has 0 saturated carbocycles. The lowest BCUT2D eigenvalue weighted by Gasteiger charge is -2.30. The molecule has 2 rings (SSSR count). The van der Waals surface area contributed by atoms with Crippen molar-refractivity contribution in [3.8, 4) is 11.5 Å². The van der Waals surface area contributed by atoms with E-state index in [1.807, 2.05) is 17.5 Å². The van der Waals surface area contributed by atoms with Crippen LogP contribution in [0.5, 0.6) is 11.5 Å². The zero-order valence-electron chi connectivity index (χ0n) is 16.2. The van der Waals surface area contributed by atoms with Crippen molar-refractivity contribution in [1.29, 1.82) is 0 Å². The topological polar surface area (TPSA) is 73.9 Å². The average molecular weight is 391 g/mol. The molecule has 1 atom stereocenters. The van der Waals surface area contributed by atoms with Crippen LogP contribution in [-0.2, 0) is 9.53 Å². The first-order valence-electron chi connectivity index (χ1n) is 8.48. The first-order valence-corrected chi connectivity index (χ1v) is 9.36. The molecule has 1 amide bonds. The van der Waals surface area contributed by atoms with E-state index in [9.17, 15) is 9.59 Å². The minimum Gasteiger partial charge on any atom is -0.493 e. The first kappa shape index (κ1) is 20.8. The Kier molecular flexibility index (Phi) is 6.85. The summed E-state index contributed by atoms with van der Waals surface area (Å²) in [7, 11) is 2.77. The fourth-order valence-electron chi connectivity index (χ4n) is 2.51. The van der Waals surface area contributed by atoms with Crippen LogP contribution >= 0.6 is 11.3 Å². The maximum atomic E-state index is 12.8. The van der Waals surface area contributed by atoms with E-state index in [0.29, 0.717) is 17.1 Å². The molecule has 2 aromatic rings. The summed E-state index contributed by atoms with van der Waals surface area (Å²) in [4.78, 5) is 25.1. The van der Waals surface area contributed by atoms with Gasteiger partial charge in [-0.05, 0) is 35.1 Å². The van der Waals surface area contributed by atoms with Crippen LogP contribution in [0.4, 0.5) is 0 Å². The molecule has 6 nitrogen and oxygen atoms in total. The molecule has 0 radical (unpaired) electrons. The second-order valence-corrected chi connectivity index (χ2v) is 8.00. The van der Waals surface area contributed by atoms with Crippen molar-refractivity contribution in [2.45, 2.75) is 26.8 Å². The SMILES string of the molecule is COC(=O)COc1ccc(C(=O)NC(c2cccs2)C(C)(C)C)cc1OC. The third-order valence-corrected chi connectivity index (χ3v) is 4.91. The predicted octanol–water partition coefficient (Wildman–Crippen LogP) is 3.83. The van der Waals surface area contributed by atoms with E-state index >= 15 is 0 Å². The molecular formula is C20H25NO5S. The minimum absolute atomic E-state index is 0.119. The molecule has 27 heavy (non-hydrogen) atoms. The molecule has 146 valence electrons. The van der Waals surface area contributed by atoms with Crippen molar-refractivity contribution in [2.75, 3.05) is 20.8 Å². The van der Waals surface area contributed by atoms with Gasteiger partial charge in [-0.3, -0.25) is 4.79 Å². The van der Waals surface area contributed by atoms with E-state index < -0.39 is 5.97 Å². The van der Waals surface area contributed by atoms with Crippen LogP contribution in [0, 0.1) is 5.41 Å². The van der Waals surface area contributed by atoms with E-state index in [0.717, 1.165) is 4.88 Å². The quantitative estimate of drug-likeness (QED) is 0.726. The fourth-order valence-corrected chi connectivity index (χ4v) is 3.53. The van der Waals surface area contributed by atoms with Gasteiger partial charge in [-0.15, -0.1) is 11.3 Å². The summed E-state index contributed by atoms with van der Waals surface area (Å²) in [6.07, 6.45) is 0. The van der Waals surface area contributed by atoms with Gasteiger partial charge in [0.15, 0.2) is 18.1 Å². The van der Waals surface area contributed by atoms with E-state index in [-0.39, 0.29) is 24.0 Å². The maximum absolute atomic E-state index is 12.8. The van der Waals surface area contributed by atoms with Gasteiger partial charge in [0.1, 0.15) is 0 Å². The second kappa shape index (κ2) is 8.90. The molecule has 0 bridgehead atoms. The van der Waals surface area contributed by atoms with Gasteiger partial charge in [-0.2, -0.15) is 0 Å². The van der Waals surface area contributed by atoms with Crippen LogP contribution in [0.1, 0.15) is 42.0 Å². The van der Waals surface area contributed by atoms with Gasteiger partial charge in [0.05, 0.1) is 20.3 Å². The second-order valence-electron chi connectivity index (χ2n) is 7.02. The summed E-state index contributed by atoms with van der Waals surface area (Å²) in [6, 6.07) is 8.71. The van der Waals surface area contributed by atoms with Crippen LogP contribution in [0.15, 0.2) is 35.7 Å². The van der Waals surface area contributed by atoms with Gasteiger partial charge >= 0.3 is 5.97 Å². The van der Waals surface area contributed by atoms with Crippen LogP contribution in [0.2, 0.25) is 0 Å². The zero-order chi connectivity index (χ0) is 20.0. The number of esters is 1. The maximum Gasteiger partial charge on any atom is 0.343 e. The van der Waals surface area contributed by atoms with Gasteiger partial charge in [0.25, 0.3) is 5.91 Å². The largest absolute Gasteiger partial charge is 0.493 e. The Morgan fingerprint density at radius 1 is 1.15 bits per heavy atom. The fraction of sp³-hybridized carbons (Fsp3) is 0.400. The summed E-state index contributed by atoms with van der Waals surface area (Å²) in [5, 5.41) is 5.10. The summed E-state index contributed by atoms with van der Waals surface area (Å²) >= 11 is 1.61. The highest BCUT2D eigenvalue weighted by molar-refractivity contribution is 7.10. The summed E-state index contributed by atoms with van der Waals surface area (Å²) in [6.45, 7) is 6.02. The van der Waals surface area contributed by atoms with Crippen molar-refractivity contribution in [2.24, 2.45) is 5.41 Å². The monoisotopic (exact) mass is 391 g/mol. The van der Waals surface area contributed by atoms with Crippen molar-refractivity contribution in [3.05, 3.63) is 46.2 Å². The number of amides is 1. The molecule has 7 heteroatoms. The Morgan fingerprint density at radius 2 is 1.89 bits per heavy atom. The van der Waals surface area contributed by atoms with Crippen LogP contribution in [0.3, 0.4) is 0 Å². The number of nitrogens with one attached hydrogen (secondary N) is 1. The molecule has 1 N–H and O–H groups in total. The molecule has 0 aliphatic heterocycles. The van der Waals surface area contributed by atoms with E-state index in [1.54, 1.807) is 29.5 Å². The highest BCUT2D eigenvalue weighted by Crippen LogP contribution is 2.36. The number of carbonyl (C=O) groups is 2. The molecular weight excluding hydrogens is 366 g/mol. The van der Waals surface area contributed by atoms with Crippen molar-refractivity contribution >= 4 is 23.2 Å². The molecule has 1 heterocycles. The smallest absolute Gasteiger partial charge is 0.343 e. The van der Waals surface area contributed by atoms with E-state index in [2.05, 4.69) is 30.8 Å². The molecule has 0 spiro atoms. The van der Waals surface area contributed by atoms with Gasteiger partial charge in [0.2, 0.25) is 0 Å². The predicted molar refractivity (Wildman–Crippen MR) is 104 cm³/mol. The highest BCUT2D eigenvalue weighted by atomic mass is 32.1. The number of carbonyl (C=O) groups excluding carboxylic acids is 2. The molecule has 0 saturated heterocycles. The molecule has 0 aliphatic carbocycles. The number of hydrogen-bond donors (Lipinski definition) is 1. The van der Waals surface area contributed by atoms with Crippen molar-refractivity contribution in [1.82, 2.24) is 5.32 Å². The molecule has 1 aromatic heterocycles. The lowest BCUT2D eigenvalue weighted by atomic mass is 9.85.